The van der Waals surface area contributed by atoms with Crippen LogP contribution in [0.25, 0.3) is 0 Å². The van der Waals surface area contributed by atoms with Crippen LogP contribution in [-0.2, 0) is 22.6 Å². The Kier molecular flexibility index (Phi) is 7.63. The molecule has 150 valence electrons. The summed E-state index contributed by atoms with van der Waals surface area (Å²) in [6.07, 6.45) is 4.47. The zero-order chi connectivity index (χ0) is 19.8. The lowest BCUT2D eigenvalue weighted by Gasteiger charge is -2.37. The van der Waals surface area contributed by atoms with E-state index in [1.54, 1.807) is 19.0 Å². The summed E-state index contributed by atoms with van der Waals surface area (Å²) in [5.74, 6) is 0.0388. The van der Waals surface area contributed by atoms with E-state index in [9.17, 15) is 4.79 Å². The van der Waals surface area contributed by atoms with Crippen molar-refractivity contribution < 1.29 is 9.53 Å². The van der Waals surface area contributed by atoms with E-state index in [1.807, 2.05) is 0 Å². The lowest BCUT2D eigenvalue weighted by Crippen LogP contribution is -2.39. The molecule has 2 aromatic carbocycles. The third-order valence-electron chi connectivity index (χ3n) is 5.56. The molecule has 0 aromatic heterocycles. The molecule has 0 N–H and O–H groups in total. The number of hydrogen-bond donors (Lipinski definition) is 0. The number of rotatable bonds is 8. The number of ether oxygens (including phenoxy) is 1. The van der Waals surface area contributed by atoms with Crippen molar-refractivity contribution >= 4 is 5.91 Å². The molecular formula is C24H32N2O2. The summed E-state index contributed by atoms with van der Waals surface area (Å²) in [5.41, 5.74) is 2.71. The van der Waals surface area contributed by atoms with Gasteiger partial charge in [0, 0.05) is 33.2 Å². The van der Waals surface area contributed by atoms with Crippen molar-refractivity contribution in [3.8, 4) is 0 Å². The predicted molar refractivity (Wildman–Crippen MR) is 113 cm³/mol. The average molecular weight is 381 g/mol. The van der Waals surface area contributed by atoms with Gasteiger partial charge in [0.15, 0.2) is 0 Å². The average Bonchev–Trinajstić information content (AvgIpc) is 2.73. The summed E-state index contributed by atoms with van der Waals surface area (Å²) in [4.78, 5) is 16.0. The molecule has 0 radical (unpaired) electrons. The number of nitrogens with zero attached hydrogens (tertiary/aromatic N) is 2. The Morgan fingerprint density at radius 1 is 0.857 bits per heavy atom. The van der Waals surface area contributed by atoms with Crippen LogP contribution in [0.2, 0.25) is 0 Å². The standard InChI is InChI=1S/C24H32N2O2/c1-25(2)24(27)19-28-23-15-13-22(14-16-23)26(17-20-9-5-3-6-10-20)18-21-11-7-4-8-12-21/h3-12,22-23H,13-19H2,1-2H3/t22-,23-. The van der Waals surface area contributed by atoms with Gasteiger partial charge in [0.25, 0.3) is 0 Å². The minimum Gasteiger partial charge on any atom is -0.368 e. The molecule has 0 saturated heterocycles. The first-order valence-corrected chi connectivity index (χ1v) is 10.3. The van der Waals surface area contributed by atoms with E-state index in [0.29, 0.717) is 6.04 Å². The lowest BCUT2D eigenvalue weighted by molar-refractivity contribution is -0.136. The van der Waals surface area contributed by atoms with E-state index in [2.05, 4.69) is 65.6 Å². The molecule has 1 fully saturated rings. The van der Waals surface area contributed by atoms with Crippen LogP contribution in [0.5, 0.6) is 0 Å². The van der Waals surface area contributed by atoms with Gasteiger partial charge in [-0.05, 0) is 36.8 Å². The van der Waals surface area contributed by atoms with E-state index in [0.717, 1.165) is 38.8 Å². The quantitative estimate of drug-likeness (QED) is 0.691. The maximum Gasteiger partial charge on any atom is 0.248 e. The molecule has 2 aromatic rings. The second-order valence-corrected chi connectivity index (χ2v) is 7.91. The summed E-state index contributed by atoms with van der Waals surface area (Å²) in [5, 5.41) is 0. The van der Waals surface area contributed by atoms with Crippen LogP contribution >= 0.6 is 0 Å². The first-order valence-electron chi connectivity index (χ1n) is 10.3. The molecule has 28 heavy (non-hydrogen) atoms. The van der Waals surface area contributed by atoms with Gasteiger partial charge >= 0.3 is 0 Å². The molecule has 0 spiro atoms. The summed E-state index contributed by atoms with van der Waals surface area (Å²) in [7, 11) is 3.54. The topological polar surface area (TPSA) is 32.8 Å². The fourth-order valence-electron chi connectivity index (χ4n) is 3.85. The molecule has 1 saturated carbocycles. The van der Waals surface area contributed by atoms with Gasteiger partial charge in [-0.2, -0.15) is 0 Å². The van der Waals surface area contributed by atoms with Crippen LogP contribution in [0.15, 0.2) is 60.7 Å². The highest BCUT2D eigenvalue weighted by Gasteiger charge is 2.27. The van der Waals surface area contributed by atoms with E-state index >= 15 is 0 Å². The monoisotopic (exact) mass is 380 g/mol. The number of hydrogen-bond acceptors (Lipinski definition) is 3. The van der Waals surface area contributed by atoms with Crippen LogP contribution < -0.4 is 0 Å². The Hall–Kier alpha value is -2.17. The molecule has 4 nitrogen and oxygen atoms in total. The van der Waals surface area contributed by atoms with Gasteiger partial charge in [-0.1, -0.05) is 60.7 Å². The zero-order valence-corrected chi connectivity index (χ0v) is 17.1. The van der Waals surface area contributed by atoms with Crippen LogP contribution in [0.3, 0.4) is 0 Å². The Bertz CT molecular complexity index is 668. The molecule has 4 heteroatoms. The molecule has 1 amide bonds. The second kappa shape index (κ2) is 10.4. The smallest absolute Gasteiger partial charge is 0.248 e. The van der Waals surface area contributed by atoms with E-state index in [1.165, 1.54) is 11.1 Å². The van der Waals surface area contributed by atoms with Crippen molar-refractivity contribution in [1.82, 2.24) is 9.80 Å². The first-order chi connectivity index (χ1) is 13.6. The summed E-state index contributed by atoms with van der Waals surface area (Å²) >= 11 is 0. The lowest BCUT2D eigenvalue weighted by atomic mass is 9.91. The third kappa shape index (κ3) is 6.18. The van der Waals surface area contributed by atoms with Crippen LogP contribution in [-0.4, -0.2) is 48.6 Å². The molecular weight excluding hydrogens is 348 g/mol. The van der Waals surface area contributed by atoms with Crippen molar-refractivity contribution in [3.63, 3.8) is 0 Å². The Morgan fingerprint density at radius 3 is 1.82 bits per heavy atom. The molecule has 1 aliphatic carbocycles. The van der Waals surface area contributed by atoms with Crippen molar-refractivity contribution in [1.29, 1.82) is 0 Å². The molecule has 0 bridgehead atoms. The fourth-order valence-corrected chi connectivity index (χ4v) is 3.85. The highest BCUT2D eigenvalue weighted by molar-refractivity contribution is 5.76. The van der Waals surface area contributed by atoms with Gasteiger partial charge in [0.2, 0.25) is 5.91 Å². The number of amides is 1. The molecule has 1 aliphatic rings. The zero-order valence-electron chi connectivity index (χ0n) is 17.1. The van der Waals surface area contributed by atoms with Gasteiger partial charge in [-0.25, -0.2) is 0 Å². The molecule has 0 heterocycles. The van der Waals surface area contributed by atoms with Crippen molar-refractivity contribution in [3.05, 3.63) is 71.8 Å². The van der Waals surface area contributed by atoms with Gasteiger partial charge in [-0.15, -0.1) is 0 Å². The molecule has 3 rings (SSSR count). The van der Waals surface area contributed by atoms with E-state index in [4.69, 9.17) is 4.74 Å². The largest absolute Gasteiger partial charge is 0.368 e. The Labute approximate surface area is 169 Å². The van der Waals surface area contributed by atoms with Crippen molar-refractivity contribution in [2.24, 2.45) is 0 Å². The Morgan fingerprint density at radius 2 is 1.36 bits per heavy atom. The number of carbonyl (C=O) groups excluding carboxylic acids is 1. The first kappa shape index (κ1) is 20.6. The maximum atomic E-state index is 11.8. The van der Waals surface area contributed by atoms with Gasteiger partial charge < -0.3 is 9.64 Å². The number of carbonyl (C=O) groups is 1. The third-order valence-corrected chi connectivity index (χ3v) is 5.56. The van der Waals surface area contributed by atoms with Gasteiger partial charge in [-0.3, -0.25) is 9.69 Å². The number of likely N-dealkylation sites (N-methyl/N-ethyl adjacent to an activating group) is 1. The van der Waals surface area contributed by atoms with Crippen molar-refractivity contribution in [2.75, 3.05) is 20.7 Å². The fraction of sp³-hybridized carbons (Fsp3) is 0.458. The predicted octanol–water partition coefficient (Wildman–Crippen LogP) is 4.10. The summed E-state index contributed by atoms with van der Waals surface area (Å²) < 4.78 is 5.86. The van der Waals surface area contributed by atoms with Crippen LogP contribution in [0, 0.1) is 0 Å². The number of benzene rings is 2. The van der Waals surface area contributed by atoms with E-state index in [-0.39, 0.29) is 18.6 Å². The van der Waals surface area contributed by atoms with Crippen LogP contribution in [0.4, 0.5) is 0 Å². The highest BCUT2D eigenvalue weighted by atomic mass is 16.5. The Balaban J connectivity index is 1.58. The van der Waals surface area contributed by atoms with E-state index < -0.39 is 0 Å². The van der Waals surface area contributed by atoms with Gasteiger partial charge in [0.1, 0.15) is 6.61 Å². The molecule has 0 aliphatic heterocycles. The summed E-state index contributed by atoms with van der Waals surface area (Å²) in [6.45, 7) is 2.12. The van der Waals surface area contributed by atoms with Crippen molar-refractivity contribution in [2.45, 2.75) is 50.9 Å². The highest BCUT2D eigenvalue weighted by Crippen LogP contribution is 2.27. The normalized spacial score (nSPS) is 19.5. The van der Waals surface area contributed by atoms with Crippen LogP contribution in [0.1, 0.15) is 36.8 Å². The molecule has 0 atom stereocenters. The maximum absolute atomic E-state index is 11.8. The minimum atomic E-state index is 0.0388. The molecule has 0 unspecified atom stereocenters. The summed E-state index contributed by atoms with van der Waals surface area (Å²) in [6, 6.07) is 22.0. The minimum absolute atomic E-state index is 0.0388. The second-order valence-electron chi connectivity index (χ2n) is 7.91. The van der Waals surface area contributed by atoms with Gasteiger partial charge in [0.05, 0.1) is 6.10 Å². The SMILES string of the molecule is CN(C)C(=O)CO[C@H]1CC[C@H](N(Cc2ccccc2)Cc2ccccc2)CC1.